The molecule has 0 N–H and O–H groups in total. The van der Waals surface area contributed by atoms with Crippen molar-refractivity contribution >= 4 is 69.9 Å². The third-order valence-electron chi connectivity index (χ3n) is 11.1. The standard InChI is InChI=1S/C50H32N2S/c1-3-16-36-34(14-1)46(35-15-2-4-17-37(35)47(36)32-12-10-26-51-29-32)31-24-25-42-45(28-31)53-44-23-9-22-43(50(42)44)49-40-20-7-5-18-38(40)48(33-13-11-27-52-30-33)39-19-6-8-21-41(39)49/h1-3,5-16,18-30H,4,17H2. The monoisotopic (exact) mass is 692 g/mol. The highest BCUT2D eigenvalue weighted by Gasteiger charge is 2.23. The van der Waals surface area contributed by atoms with Gasteiger partial charge in [0.2, 0.25) is 0 Å². The van der Waals surface area contributed by atoms with Crippen LogP contribution < -0.4 is 0 Å². The van der Waals surface area contributed by atoms with Crippen LogP contribution in [0, 0.1) is 0 Å². The Balaban J connectivity index is 1.17. The Morgan fingerprint density at radius 2 is 1.06 bits per heavy atom. The van der Waals surface area contributed by atoms with Crippen LogP contribution in [0.1, 0.15) is 17.5 Å². The minimum absolute atomic E-state index is 1.02. The molecule has 0 atom stereocenters. The van der Waals surface area contributed by atoms with Gasteiger partial charge in [-0.3, -0.25) is 9.97 Å². The Morgan fingerprint density at radius 3 is 1.70 bits per heavy atom. The average molecular weight is 693 g/mol. The van der Waals surface area contributed by atoms with Crippen molar-refractivity contribution in [1.29, 1.82) is 0 Å². The van der Waals surface area contributed by atoms with E-state index in [0.29, 0.717) is 0 Å². The number of pyridine rings is 2. The summed E-state index contributed by atoms with van der Waals surface area (Å²) in [5.41, 5.74) is 12.8. The third-order valence-corrected chi connectivity index (χ3v) is 12.2. The van der Waals surface area contributed by atoms with Gasteiger partial charge in [-0.05, 0) is 114 Å². The first-order chi connectivity index (χ1) is 26.3. The van der Waals surface area contributed by atoms with E-state index in [9.17, 15) is 0 Å². The summed E-state index contributed by atoms with van der Waals surface area (Å²) in [5, 5.41) is 10.2. The van der Waals surface area contributed by atoms with Crippen LogP contribution in [0.25, 0.3) is 103 Å². The van der Waals surface area contributed by atoms with E-state index in [1.165, 1.54) is 103 Å². The highest BCUT2D eigenvalue weighted by atomic mass is 32.1. The van der Waals surface area contributed by atoms with E-state index in [2.05, 4.69) is 143 Å². The normalized spacial score (nSPS) is 12.7. The van der Waals surface area contributed by atoms with Gasteiger partial charge in [0.15, 0.2) is 0 Å². The first-order valence-electron chi connectivity index (χ1n) is 18.3. The van der Waals surface area contributed by atoms with Crippen molar-refractivity contribution in [3.8, 4) is 44.5 Å². The minimum atomic E-state index is 1.02. The van der Waals surface area contributed by atoms with Gasteiger partial charge in [-0.25, -0.2) is 0 Å². The van der Waals surface area contributed by atoms with Crippen LogP contribution in [0.4, 0.5) is 0 Å². The number of rotatable bonds is 4. The molecule has 0 saturated heterocycles. The van der Waals surface area contributed by atoms with Crippen LogP contribution in [-0.4, -0.2) is 9.97 Å². The van der Waals surface area contributed by atoms with Crippen LogP contribution in [0.5, 0.6) is 0 Å². The summed E-state index contributed by atoms with van der Waals surface area (Å²) < 4.78 is 2.61. The number of allylic oxidation sites excluding steroid dienone is 1. The smallest absolute Gasteiger partial charge is 0.0361 e. The van der Waals surface area contributed by atoms with Crippen LogP contribution >= 0.6 is 11.3 Å². The van der Waals surface area contributed by atoms with Crippen molar-refractivity contribution in [2.24, 2.45) is 0 Å². The van der Waals surface area contributed by atoms with E-state index in [1.54, 1.807) is 0 Å². The molecule has 7 aromatic carbocycles. The fourth-order valence-electron chi connectivity index (χ4n) is 8.97. The zero-order chi connectivity index (χ0) is 34.9. The van der Waals surface area contributed by atoms with Crippen LogP contribution in [-0.2, 0) is 6.42 Å². The van der Waals surface area contributed by atoms with E-state index in [-0.39, 0.29) is 0 Å². The molecule has 3 heteroatoms. The Labute approximate surface area is 311 Å². The topological polar surface area (TPSA) is 25.8 Å². The minimum Gasteiger partial charge on any atom is -0.264 e. The van der Waals surface area contributed by atoms with Gasteiger partial charge >= 0.3 is 0 Å². The van der Waals surface area contributed by atoms with Crippen LogP contribution in [0.3, 0.4) is 0 Å². The lowest BCUT2D eigenvalue weighted by Gasteiger charge is -2.23. The van der Waals surface area contributed by atoms with E-state index < -0.39 is 0 Å². The number of hydrogen-bond acceptors (Lipinski definition) is 3. The predicted molar refractivity (Wildman–Crippen MR) is 227 cm³/mol. The quantitative estimate of drug-likeness (QED) is 0.172. The highest BCUT2D eigenvalue weighted by molar-refractivity contribution is 7.26. The summed E-state index contributed by atoms with van der Waals surface area (Å²) in [6.07, 6.45) is 14.5. The zero-order valence-corrected chi connectivity index (χ0v) is 29.7. The van der Waals surface area contributed by atoms with Gasteiger partial charge in [-0.2, -0.15) is 0 Å². The fourth-order valence-corrected chi connectivity index (χ4v) is 10.1. The number of aromatic nitrogens is 2. The number of hydrogen-bond donors (Lipinski definition) is 0. The molecule has 1 aliphatic rings. The lowest BCUT2D eigenvalue weighted by Crippen LogP contribution is -2.02. The maximum atomic E-state index is 4.51. The molecule has 248 valence electrons. The highest BCUT2D eigenvalue weighted by Crippen LogP contribution is 2.49. The molecule has 0 saturated carbocycles. The van der Waals surface area contributed by atoms with Gasteiger partial charge in [0.05, 0.1) is 0 Å². The molecule has 3 heterocycles. The molecule has 11 rings (SSSR count). The van der Waals surface area contributed by atoms with E-state index >= 15 is 0 Å². The fraction of sp³-hybridized carbons (Fsp3) is 0.0400. The van der Waals surface area contributed by atoms with Crippen LogP contribution in [0.15, 0.2) is 164 Å². The number of benzene rings is 7. The van der Waals surface area contributed by atoms with Crippen LogP contribution in [0.2, 0.25) is 0 Å². The number of nitrogens with zero attached hydrogens (tertiary/aromatic N) is 2. The number of fused-ring (bicyclic) bond motifs is 7. The van der Waals surface area contributed by atoms with Gasteiger partial charge < -0.3 is 0 Å². The van der Waals surface area contributed by atoms with E-state index in [4.69, 9.17) is 0 Å². The Kier molecular flexibility index (Phi) is 6.89. The lowest BCUT2D eigenvalue weighted by molar-refractivity contribution is 0.991. The molecule has 3 aromatic heterocycles. The molecule has 0 amide bonds. The summed E-state index contributed by atoms with van der Waals surface area (Å²) in [6, 6.07) is 49.2. The molecule has 0 spiro atoms. The second-order valence-electron chi connectivity index (χ2n) is 13.9. The Morgan fingerprint density at radius 1 is 0.453 bits per heavy atom. The number of thiophene rings is 1. The first kappa shape index (κ1) is 30.2. The lowest BCUT2D eigenvalue weighted by atomic mass is 9.80. The van der Waals surface area contributed by atoms with Gasteiger partial charge in [0.25, 0.3) is 0 Å². The largest absolute Gasteiger partial charge is 0.264 e. The van der Waals surface area contributed by atoms with Crippen molar-refractivity contribution in [2.45, 2.75) is 12.8 Å². The Hall–Kier alpha value is -6.42. The van der Waals surface area contributed by atoms with Crippen molar-refractivity contribution in [2.75, 3.05) is 0 Å². The zero-order valence-electron chi connectivity index (χ0n) is 28.9. The molecule has 0 aliphatic heterocycles. The van der Waals surface area contributed by atoms with Crippen molar-refractivity contribution in [3.05, 3.63) is 175 Å². The van der Waals surface area contributed by atoms with Gasteiger partial charge in [-0.15, -0.1) is 11.3 Å². The molecule has 0 radical (unpaired) electrons. The van der Waals surface area contributed by atoms with Crippen molar-refractivity contribution in [3.63, 3.8) is 0 Å². The van der Waals surface area contributed by atoms with Crippen molar-refractivity contribution < 1.29 is 0 Å². The van der Waals surface area contributed by atoms with Gasteiger partial charge in [-0.1, -0.05) is 121 Å². The third kappa shape index (κ3) is 4.64. The molecule has 10 aromatic rings. The Bertz CT molecular complexity index is 3050. The molecule has 2 nitrogen and oxygen atoms in total. The SMILES string of the molecule is C1=Cc2c(c(-c3cccnc3)c3ccccc3c2-c2ccc3c(c2)sc2cccc(-c4c5ccccc5c(-c5cccnc5)c5ccccc45)c23)CC1. The molecule has 53 heavy (non-hydrogen) atoms. The molecular weight excluding hydrogens is 661 g/mol. The maximum absolute atomic E-state index is 4.51. The summed E-state index contributed by atoms with van der Waals surface area (Å²) in [5.74, 6) is 0. The summed E-state index contributed by atoms with van der Waals surface area (Å²) in [6.45, 7) is 0. The second kappa shape index (κ2) is 12.1. The van der Waals surface area contributed by atoms with E-state index in [1.807, 2.05) is 48.3 Å². The molecule has 1 aliphatic carbocycles. The van der Waals surface area contributed by atoms with Gasteiger partial charge in [0.1, 0.15) is 0 Å². The first-order valence-corrected chi connectivity index (χ1v) is 19.1. The molecule has 0 unspecified atom stereocenters. The van der Waals surface area contributed by atoms with E-state index in [0.717, 1.165) is 18.4 Å². The summed E-state index contributed by atoms with van der Waals surface area (Å²) in [4.78, 5) is 9.02. The average Bonchev–Trinajstić information content (AvgIpc) is 3.61. The molecule has 0 bridgehead atoms. The maximum Gasteiger partial charge on any atom is 0.0361 e. The predicted octanol–water partition coefficient (Wildman–Crippen LogP) is 13.9. The molecular formula is C50H32N2S. The van der Waals surface area contributed by atoms with Gasteiger partial charge in [0, 0.05) is 56.1 Å². The summed E-state index contributed by atoms with van der Waals surface area (Å²) in [7, 11) is 0. The second-order valence-corrected chi connectivity index (χ2v) is 15.0. The summed E-state index contributed by atoms with van der Waals surface area (Å²) >= 11 is 1.90. The van der Waals surface area contributed by atoms with Crippen molar-refractivity contribution in [1.82, 2.24) is 9.97 Å². The molecule has 0 fully saturated rings.